The summed E-state index contributed by atoms with van der Waals surface area (Å²) in [6, 6.07) is 0. The van der Waals surface area contributed by atoms with Gasteiger partial charge in [0.05, 0.1) is 24.4 Å². The summed E-state index contributed by atoms with van der Waals surface area (Å²) < 4.78 is 11.7. The number of nitrogens with one attached hydrogen (secondary N) is 1. The predicted molar refractivity (Wildman–Crippen MR) is 69.3 cm³/mol. The van der Waals surface area contributed by atoms with Crippen LogP contribution < -0.4 is 5.32 Å². The number of hydrogen-bond acceptors (Lipinski definition) is 3. The van der Waals surface area contributed by atoms with Crippen molar-refractivity contribution in [2.24, 2.45) is 0 Å². The van der Waals surface area contributed by atoms with Crippen molar-refractivity contribution in [3.05, 3.63) is 0 Å². The molecule has 1 heterocycles. The van der Waals surface area contributed by atoms with Crippen molar-refractivity contribution in [2.45, 2.75) is 70.2 Å². The van der Waals surface area contributed by atoms with Crippen molar-refractivity contribution in [3.8, 4) is 0 Å². The first-order valence-electron chi connectivity index (χ1n) is 7.16. The molecule has 2 rings (SSSR count). The van der Waals surface area contributed by atoms with Crippen molar-refractivity contribution in [1.29, 1.82) is 0 Å². The van der Waals surface area contributed by atoms with Crippen LogP contribution in [0.25, 0.3) is 0 Å². The Kier molecular flexibility index (Phi) is 4.83. The number of hydrogen-bond donors (Lipinski definition) is 1. The Labute approximate surface area is 105 Å². The maximum atomic E-state index is 5.93. The van der Waals surface area contributed by atoms with Gasteiger partial charge >= 0.3 is 0 Å². The fourth-order valence-electron chi connectivity index (χ4n) is 2.84. The SMILES string of the molecule is CC1(C)CCC(CNCCOC2CCCC2)O1. The Bertz CT molecular complexity index is 224. The van der Waals surface area contributed by atoms with Crippen LogP contribution in [0.2, 0.25) is 0 Å². The molecule has 0 aromatic rings. The highest BCUT2D eigenvalue weighted by Gasteiger charge is 2.31. The molecule has 2 fully saturated rings. The predicted octanol–water partition coefficient (Wildman–Crippen LogP) is 2.49. The highest BCUT2D eigenvalue weighted by atomic mass is 16.5. The van der Waals surface area contributed by atoms with Crippen LogP contribution in [-0.4, -0.2) is 37.5 Å². The molecular formula is C14H27NO2. The van der Waals surface area contributed by atoms with E-state index in [9.17, 15) is 0 Å². The van der Waals surface area contributed by atoms with Crippen molar-refractivity contribution >= 4 is 0 Å². The lowest BCUT2D eigenvalue weighted by atomic mass is 10.1. The van der Waals surface area contributed by atoms with Gasteiger partial charge in [0.25, 0.3) is 0 Å². The van der Waals surface area contributed by atoms with Gasteiger partial charge in [-0.2, -0.15) is 0 Å². The summed E-state index contributed by atoms with van der Waals surface area (Å²) in [4.78, 5) is 0. The van der Waals surface area contributed by atoms with Crippen LogP contribution >= 0.6 is 0 Å². The molecule has 0 radical (unpaired) electrons. The molecule has 1 unspecified atom stereocenters. The third-order valence-corrected chi connectivity index (χ3v) is 3.86. The highest BCUT2D eigenvalue weighted by molar-refractivity contribution is 4.81. The third-order valence-electron chi connectivity index (χ3n) is 3.86. The largest absolute Gasteiger partial charge is 0.377 e. The summed E-state index contributed by atoms with van der Waals surface area (Å²) >= 11 is 0. The molecule has 3 heteroatoms. The molecular weight excluding hydrogens is 214 g/mol. The van der Waals surface area contributed by atoms with Crippen molar-refractivity contribution in [3.63, 3.8) is 0 Å². The van der Waals surface area contributed by atoms with E-state index in [1.807, 2.05) is 0 Å². The van der Waals surface area contributed by atoms with Gasteiger partial charge in [0.15, 0.2) is 0 Å². The fraction of sp³-hybridized carbons (Fsp3) is 1.00. The van der Waals surface area contributed by atoms with Crippen molar-refractivity contribution < 1.29 is 9.47 Å². The molecule has 1 N–H and O–H groups in total. The standard InChI is InChI=1S/C14H27NO2/c1-14(2)8-7-13(17-14)11-15-9-10-16-12-5-3-4-6-12/h12-13,15H,3-11H2,1-2H3. The molecule has 17 heavy (non-hydrogen) atoms. The van der Waals surface area contributed by atoms with Gasteiger partial charge in [-0.1, -0.05) is 12.8 Å². The van der Waals surface area contributed by atoms with E-state index in [0.29, 0.717) is 12.2 Å². The third kappa shape index (κ3) is 4.57. The second-order valence-corrected chi connectivity index (χ2v) is 6.02. The van der Waals surface area contributed by atoms with Gasteiger partial charge in [-0.3, -0.25) is 0 Å². The highest BCUT2D eigenvalue weighted by Crippen LogP contribution is 2.28. The van der Waals surface area contributed by atoms with Gasteiger partial charge in [0, 0.05) is 13.1 Å². The molecule has 0 aromatic heterocycles. The minimum absolute atomic E-state index is 0.0900. The molecule has 1 saturated heterocycles. The van der Waals surface area contributed by atoms with E-state index in [4.69, 9.17) is 9.47 Å². The normalized spacial score (nSPS) is 28.9. The van der Waals surface area contributed by atoms with Crippen LogP contribution in [-0.2, 0) is 9.47 Å². The topological polar surface area (TPSA) is 30.5 Å². The molecule has 3 nitrogen and oxygen atoms in total. The summed E-state index contributed by atoms with van der Waals surface area (Å²) in [6.45, 7) is 7.13. The first-order valence-corrected chi connectivity index (χ1v) is 7.16. The van der Waals surface area contributed by atoms with Crippen molar-refractivity contribution in [2.75, 3.05) is 19.7 Å². The van der Waals surface area contributed by atoms with E-state index in [2.05, 4.69) is 19.2 Å². The Morgan fingerprint density at radius 1 is 1.24 bits per heavy atom. The monoisotopic (exact) mass is 241 g/mol. The van der Waals surface area contributed by atoms with E-state index < -0.39 is 0 Å². The lowest BCUT2D eigenvalue weighted by molar-refractivity contribution is -0.0153. The van der Waals surface area contributed by atoms with E-state index in [1.165, 1.54) is 38.5 Å². The number of ether oxygens (including phenoxy) is 2. The van der Waals surface area contributed by atoms with Crippen LogP contribution in [0.15, 0.2) is 0 Å². The molecule has 0 spiro atoms. The van der Waals surface area contributed by atoms with Gasteiger partial charge in [0.2, 0.25) is 0 Å². The minimum atomic E-state index is 0.0900. The average molecular weight is 241 g/mol. The molecule has 1 aliphatic carbocycles. The maximum absolute atomic E-state index is 5.93. The molecule has 0 bridgehead atoms. The summed E-state index contributed by atoms with van der Waals surface area (Å²) in [5.41, 5.74) is 0.0900. The summed E-state index contributed by atoms with van der Waals surface area (Å²) in [6.07, 6.45) is 8.53. The summed E-state index contributed by atoms with van der Waals surface area (Å²) in [7, 11) is 0. The van der Waals surface area contributed by atoms with Gasteiger partial charge in [0.1, 0.15) is 0 Å². The summed E-state index contributed by atoms with van der Waals surface area (Å²) in [5, 5.41) is 3.44. The zero-order valence-corrected chi connectivity index (χ0v) is 11.3. The van der Waals surface area contributed by atoms with Gasteiger partial charge in [-0.05, 0) is 39.5 Å². The Morgan fingerprint density at radius 2 is 2.00 bits per heavy atom. The van der Waals surface area contributed by atoms with Crippen LogP contribution in [0.3, 0.4) is 0 Å². The minimum Gasteiger partial charge on any atom is -0.377 e. The Balaban J connectivity index is 1.46. The molecule has 0 aromatic carbocycles. The average Bonchev–Trinajstić information content (AvgIpc) is 2.88. The van der Waals surface area contributed by atoms with Crippen LogP contribution in [0.5, 0.6) is 0 Å². The molecule has 1 saturated carbocycles. The number of rotatable bonds is 6. The molecule has 2 aliphatic rings. The molecule has 100 valence electrons. The maximum Gasteiger partial charge on any atom is 0.0707 e. The van der Waals surface area contributed by atoms with Gasteiger partial charge in [-0.15, -0.1) is 0 Å². The fourth-order valence-corrected chi connectivity index (χ4v) is 2.84. The van der Waals surface area contributed by atoms with Gasteiger partial charge < -0.3 is 14.8 Å². The smallest absolute Gasteiger partial charge is 0.0707 e. The second kappa shape index (κ2) is 6.17. The van der Waals surface area contributed by atoms with Crippen LogP contribution in [0.1, 0.15) is 52.4 Å². The van der Waals surface area contributed by atoms with Crippen LogP contribution in [0.4, 0.5) is 0 Å². The lowest BCUT2D eigenvalue weighted by Gasteiger charge is -2.19. The second-order valence-electron chi connectivity index (χ2n) is 6.02. The zero-order chi connectivity index (χ0) is 12.1. The van der Waals surface area contributed by atoms with E-state index in [0.717, 1.165) is 19.7 Å². The zero-order valence-electron chi connectivity index (χ0n) is 11.3. The molecule has 1 atom stereocenters. The first kappa shape index (κ1) is 13.3. The van der Waals surface area contributed by atoms with E-state index in [-0.39, 0.29) is 5.60 Å². The lowest BCUT2D eigenvalue weighted by Crippen LogP contribution is -2.31. The summed E-state index contributed by atoms with van der Waals surface area (Å²) in [5.74, 6) is 0. The van der Waals surface area contributed by atoms with Crippen LogP contribution in [0, 0.1) is 0 Å². The van der Waals surface area contributed by atoms with Gasteiger partial charge in [-0.25, -0.2) is 0 Å². The molecule has 0 amide bonds. The van der Waals surface area contributed by atoms with E-state index in [1.54, 1.807) is 0 Å². The quantitative estimate of drug-likeness (QED) is 0.725. The molecule has 1 aliphatic heterocycles. The van der Waals surface area contributed by atoms with Crippen molar-refractivity contribution in [1.82, 2.24) is 5.32 Å². The Hall–Kier alpha value is -0.120. The van der Waals surface area contributed by atoms with E-state index >= 15 is 0 Å². The Morgan fingerprint density at radius 3 is 2.65 bits per heavy atom. The first-order chi connectivity index (χ1) is 8.16.